The summed E-state index contributed by atoms with van der Waals surface area (Å²) in [5, 5.41) is 0. The van der Waals surface area contributed by atoms with Crippen LogP contribution in [-0.4, -0.2) is 40.5 Å². The van der Waals surface area contributed by atoms with Crippen LogP contribution in [-0.2, 0) is 4.79 Å². The molecule has 0 aliphatic carbocycles. The Balaban J connectivity index is 1.31. The van der Waals surface area contributed by atoms with Crippen molar-refractivity contribution < 1.29 is 9.53 Å². The fraction of sp³-hybridized carbons (Fsp3) is 0.364. The van der Waals surface area contributed by atoms with Crippen LogP contribution in [0.4, 0.5) is 0 Å². The Morgan fingerprint density at radius 3 is 2.67 bits per heavy atom. The second kappa shape index (κ2) is 7.43. The summed E-state index contributed by atoms with van der Waals surface area (Å²) in [5.41, 5.74) is 4.48. The van der Waals surface area contributed by atoms with Crippen molar-refractivity contribution in [3.05, 3.63) is 59.4 Å². The third-order valence-electron chi connectivity index (χ3n) is 5.48. The number of hydrogen-bond acceptors (Lipinski definition) is 3. The number of amides is 1. The Labute approximate surface area is 159 Å². The fourth-order valence-corrected chi connectivity index (χ4v) is 3.61. The average Bonchev–Trinajstić information content (AvgIpc) is 3.13. The smallest absolute Gasteiger partial charge is 0.260 e. The molecule has 2 aromatic carbocycles. The van der Waals surface area contributed by atoms with Crippen molar-refractivity contribution in [1.82, 2.24) is 14.9 Å². The number of H-pyrrole nitrogens is 1. The number of para-hydroxylation sites is 2. The summed E-state index contributed by atoms with van der Waals surface area (Å²) in [6.45, 7) is 5.70. The molecule has 1 amide bonds. The maximum absolute atomic E-state index is 12.5. The van der Waals surface area contributed by atoms with Gasteiger partial charge in [0.15, 0.2) is 6.61 Å². The minimum absolute atomic E-state index is 0.0521. The highest BCUT2D eigenvalue weighted by Crippen LogP contribution is 2.27. The maximum atomic E-state index is 12.5. The number of aryl methyl sites for hydroxylation is 2. The number of aromatic nitrogens is 2. The van der Waals surface area contributed by atoms with Gasteiger partial charge in [0, 0.05) is 19.0 Å². The van der Waals surface area contributed by atoms with Crippen LogP contribution in [0.2, 0.25) is 0 Å². The van der Waals surface area contributed by atoms with Crippen LogP contribution >= 0.6 is 0 Å². The SMILES string of the molecule is Cc1ccc(OCC(=O)N2CCC(c3nc4ccccc4[nH]3)CC2)cc1C. The van der Waals surface area contributed by atoms with Crippen LogP contribution in [0, 0.1) is 13.8 Å². The van der Waals surface area contributed by atoms with Gasteiger partial charge in [-0.1, -0.05) is 18.2 Å². The zero-order chi connectivity index (χ0) is 18.8. The van der Waals surface area contributed by atoms with Gasteiger partial charge in [0.1, 0.15) is 11.6 Å². The lowest BCUT2D eigenvalue weighted by molar-refractivity contribution is -0.134. The summed E-state index contributed by atoms with van der Waals surface area (Å²) in [5.74, 6) is 2.22. The molecule has 0 atom stereocenters. The van der Waals surface area contributed by atoms with Gasteiger partial charge < -0.3 is 14.6 Å². The molecule has 1 aliphatic rings. The molecule has 5 heteroatoms. The molecule has 1 aliphatic heterocycles. The predicted octanol–water partition coefficient (Wildman–Crippen LogP) is 3.96. The molecule has 0 bridgehead atoms. The number of likely N-dealkylation sites (tertiary alicyclic amines) is 1. The Hall–Kier alpha value is -2.82. The van der Waals surface area contributed by atoms with E-state index in [1.807, 2.05) is 48.2 Å². The monoisotopic (exact) mass is 363 g/mol. The van der Waals surface area contributed by atoms with Crippen LogP contribution in [0.15, 0.2) is 42.5 Å². The molecule has 27 heavy (non-hydrogen) atoms. The summed E-state index contributed by atoms with van der Waals surface area (Å²) in [6.07, 6.45) is 1.85. The van der Waals surface area contributed by atoms with Crippen molar-refractivity contribution in [2.24, 2.45) is 0 Å². The second-order valence-corrected chi connectivity index (χ2v) is 7.33. The molecule has 1 N–H and O–H groups in total. The van der Waals surface area contributed by atoms with Gasteiger partial charge >= 0.3 is 0 Å². The predicted molar refractivity (Wildman–Crippen MR) is 106 cm³/mol. The van der Waals surface area contributed by atoms with Crippen molar-refractivity contribution in [3.8, 4) is 5.75 Å². The highest BCUT2D eigenvalue weighted by Gasteiger charge is 2.26. The van der Waals surface area contributed by atoms with Crippen molar-refractivity contribution in [2.45, 2.75) is 32.6 Å². The van der Waals surface area contributed by atoms with Crippen molar-refractivity contribution in [2.75, 3.05) is 19.7 Å². The lowest BCUT2D eigenvalue weighted by Crippen LogP contribution is -2.40. The van der Waals surface area contributed by atoms with E-state index in [0.717, 1.165) is 48.5 Å². The highest BCUT2D eigenvalue weighted by atomic mass is 16.5. The van der Waals surface area contributed by atoms with Gasteiger partial charge in [-0.15, -0.1) is 0 Å². The third-order valence-corrected chi connectivity index (χ3v) is 5.48. The number of aromatic amines is 1. The van der Waals surface area contributed by atoms with E-state index >= 15 is 0 Å². The topological polar surface area (TPSA) is 58.2 Å². The molecule has 0 radical (unpaired) electrons. The number of rotatable bonds is 4. The first-order valence-electron chi connectivity index (χ1n) is 9.52. The number of fused-ring (bicyclic) bond motifs is 1. The van der Waals surface area contributed by atoms with E-state index in [-0.39, 0.29) is 12.5 Å². The van der Waals surface area contributed by atoms with Gasteiger partial charge in [0.2, 0.25) is 0 Å². The first-order chi connectivity index (χ1) is 13.1. The summed E-state index contributed by atoms with van der Waals surface area (Å²) in [4.78, 5) is 22.5. The molecule has 0 saturated carbocycles. The lowest BCUT2D eigenvalue weighted by atomic mass is 9.96. The minimum atomic E-state index is 0.0521. The van der Waals surface area contributed by atoms with Crippen LogP contribution in [0.25, 0.3) is 11.0 Å². The van der Waals surface area contributed by atoms with Gasteiger partial charge in [-0.3, -0.25) is 4.79 Å². The quantitative estimate of drug-likeness (QED) is 0.763. The average molecular weight is 363 g/mol. The van der Waals surface area contributed by atoms with Crippen molar-refractivity contribution >= 4 is 16.9 Å². The Bertz CT molecular complexity index is 922. The zero-order valence-electron chi connectivity index (χ0n) is 15.9. The van der Waals surface area contributed by atoms with Crippen molar-refractivity contribution in [3.63, 3.8) is 0 Å². The van der Waals surface area contributed by atoms with Crippen LogP contribution in [0.3, 0.4) is 0 Å². The lowest BCUT2D eigenvalue weighted by Gasteiger charge is -2.31. The molecule has 3 aromatic rings. The van der Waals surface area contributed by atoms with E-state index in [0.29, 0.717) is 5.92 Å². The maximum Gasteiger partial charge on any atom is 0.260 e. The van der Waals surface area contributed by atoms with Crippen LogP contribution < -0.4 is 4.74 Å². The second-order valence-electron chi connectivity index (χ2n) is 7.33. The third kappa shape index (κ3) is 3.82. The summed E-state index contributed by atoms with van der Waals surface area (Å²) in [6, 6.07) is 14.0. The Kier molecular flexibility index (Phi) is 4.84. The number of ether oxygens (including phenoxy) is 1. The van der Waals surface area contributed by atoms with Crippen LogP contribution in [0.1, 0.15) is 35.7 Å². The number of imidazole rings is 1. The van der Waals surface area contributed by atoms with Gasteiger partial charge in [0.25, 0.3) is 5.91 Å². The molecule has 5 nitrogen and oxygen atoms in total. The first kappa shape index (κ1) is 17.6. The minimum Gasteiger partial charge on any atom is -0.484 e. The van der Waals surface area contributed by atoms with Crippen LogP contribution in [0.5, 0.6) is 5.75 Å². The van der Waals surface area contributed by atoms with E-state index in [2.05, 4.69) is 18.0 Å². The van der Waals surface area contributed by atoms with E-state index < -0.39 is 0 Å². The normalized spacial score (nSPS) is 15.3. The molecule has 1 fully saturated rings. The largest absolute Gasteiger partial charge is 0.484 e. The summed E-state index contributed by atoms with van der Waals surface area (Å²) >= 11 is 0. The van der Waals surface area contributed by atoms with Gasteiger partial charge in [-0.2, -0.15) is 0 Å². The zero-order valence-corrected chi connectivity index (χ0v) is 15.9. The number of carbonyl (C=O) groups excluding carboxylic acids is 1. The van der Waals surface area contributed by atoms with E-state index in [1.165, 1.54) is 11.1 Å². The van der Waals surface area contributed by atoms with E-state index in [4.69, 9.17) is 9.72 Å². The van der Waals surface area contributed by atoms with E-state index in [1.54, 1.807) is 0 Å². The summed E-state index contributed by atoms with van der Waals surface area (Å²) in [7, 11) is 0. The standard InChI is InChI=1S/C22H25N3O2/c1-15-7-8-18(13-16(15)2)27-14-21(26)25-11-9-17(10-12-25)22-23-19-5-3-4-6-20(19)24-22/h3-8,13,17H,9-12,14H2,1-2H3,(H,23,24). The Morgan fingerprint density at radius 1 is 1.15 bits per heavy atom. The molecule has 1 aromatic heterocycles. The fourth-order valence-electron chi connectivity index (χ4n) is 3.61. The molecule has 2 heterocycles. The number of nitrogens with zero attached hydrogens (tertiary/aromatic N) is 2. The summed E-state index contributed by atoms with van der Waals surface area (Å²) < 4.78 is 5.70. The number of nitrogens with one attached hydrogen (secondary N) is 1. The molecule has 0 unspecified atom stereocenters. The Morgan fingerprint density at radius 2 is 1.93 bits per heavy atom. The molecule has 1 saturated heterocycles. The van der Waals surface area contributed by atoms with Gasteiger partial charge in [-0.05, 0) is 62.1 Å². The molecule has 0 spiro atoms. The highest BCUT2D eigenvalue weighted by molar-refractivity contribution is 5.78. The molecule has 4 rings (SSSR count). The number of benzene rings is 2. The van der Waals surface area contributed by atoms with Crippen molar-refractivity contribution in [1.29, 1.82) is 0 Å². The first-order valence-corrected chi connectivity index (χ1v) is 9.52. The number of hydrogen-bond donors (Lipinski definition) is 1. The molecule has 140 valence electrons. The number of piperidine rings is 1. The molecular formula is C22H25N3O2. The van der Waals surface area contributed by atoms with Gasteiger partial charge in [-0.25, -0.2) is 4.98 Å². The number of carbonyl (C=O) groups is 1. The molecular weight excluding hydrogens is 338 g/mol. The van der Waals surface area contributed by atoms with E-state index in [9.17, 15) is 4.79 Å². The van der Waals surface area contributed by atoms with Gasteiger partial charge in [0.05, 0.1) is 11.0 Å².